The van der Waals surface area contributed by atoms with E-state index in [1.807, 2.05) is 62.4 Å². The Bertz CT molecular complexity index is 1190. The number of allylic oxidation sites excluding steroid dienone is 2. The Labute approximate surface area is 204 Å². The van der Waals surface area contributed by atoms with Crippen molar-refractivity contribution in [3.63, 3.8) is 0 Å². The molecule has 2 aromatic rings. The number of nitrogens with zero attached hydrogens (tertiary/aromatic N) is 1. The number of carbonyl (C=O) groups is 2. The van der Waals surface area contributed by atoms with Crippen LogP contribution in [-0.2, 0) is 14.3 Å². The molecule has 174 valence electrons. The number of benzene rings is 2. The average molecular weight is 474 g/mol. The van der Waals surface area contributed by atoms with E-state index < -0.39 is 11.9 Å². The van der Waals surface area contributed by atoms with Crippen molar-refractivity contribution in [3.05, 3.63) is 99.7 Å². The largest absolute Gasteiger partial charge is 0.458 e. The van der Waals surface area contributed by atoms with Gasteiger partial charge in [-0.1, -0.05) is 71.9 Å². The molecule has 1 atom stereocenters. The van der Waals surface area contributed by atoms with Crippen LogP contribution < -0.4 is 10.6 Å². The fourth-order valence-electron chi connectivity index (χ4n) is 3.57. The van der Waals surface area contributed by atoms with Crippen LogP contribution in [0.15, 0.2) is 83.1 Å². The van der Waals surface area contributed by atoms with E-state index in [1.165, 1.54) is 17.8 Å². The Hall–Kier alpha value is -3.76. The number of aryl methyl sites for hydroxylation is 2. The molecule has 0 saturated carbocycles. The summed E-state index contributed by atoms with van der Waals surface area (Å²) in [5.74, 6) is -1.20. The number of carbonyl (C=O) groups excluding carboxylic acids is 2. The quantitative estimate of drug-likeness (QED) is 0.409. The lowest BCUT2D eigenvalue weighted by molar-refractivity contribution is -0.138. The van der Waals surface area contributed by atoms with Gasteiger partial charge >= 0.3 is 5.97 Å². The molecular formula is C27H27N3O3S. The number of ether oxygens (including phenoxy) is 1. The van der Waals surface area contributed by atoms with Crippen LogP contribution >= 0.6 is 11.8 Å². The summed E-state index contributed by atoms with van der Waals surface area (Å²) in [6.07, 6.45) is 1.50. The third-order valence-corrected chi connectivity index (χ3v) is 6.31. The van der Waals surface area contributed by atoms with Crippen molar-refractivity contribution >= 4 is 29.3 Å². The Morgan fingerprint density at radius 2 is 1.74 bits per heavy atom. The monoisotopic (exact) mass is 473 g/mol. The topological polar surface area (TPSA) is 91.2 Å². The van der Waals surface area contributed by atoms with Crippen molar-refractivity contribution < 1.29 is 14.3 Å². The maximum atomic E-state index is 12.9. The van der Waals surface area contributed by atoms with Gasteiger partial charge in [-0.15, -0.1) is 0 Å². The molecule has 1 aliphatic heterocycles. The summed E-state index contributed by atoms with van der Waals surface area (Å²) >= 11 is 1.23. The zero-order valence-electron chi connectivity index (χ0n) is 19.5. The van der Waals surface area contributed by atoms with Gasteiger partial charge in [-0.05, 0) is 38.5 Å². The molecule has 0 unspecified atom stereocenters. The molecule has 0 spiro atoms. The van der Waals surface area contributed by atoms with Gasteiger partial charge < -0.3 is 15.4 Å². The maximum Gasteiger partial charge on any atom is 0.337 e. The molecule has 2 aromatic carbocycles. The number of nitrogens with one attached hydrogen (secondary N) is 2. The highest BCUT2D eigenvalue weighted by molar-refractivity contribution is 8.03. The third kappa shape index (κ3) is 5.97. The van der Waals surface area contributed by atoms with Crippen LogP contribution in [0, 0.1) is 25.2 Å². The fourth-order valence-corrected chi connectivity index (χ4v) is 4.47. The van der Waals surface area contributed by atoms with Crippen LogP contribution in [0.25, 0.3) is 0 Å². The number of anilines is 1. The molecule has 0 bridgehead atoms. The number of thioether (sulfide) groups is 1. The van der Waals surface area contributed by atoms with E-state index in [0.29, 0.717) is 27.6 Å². The number of hydrogen-bond donors (Lipinski definition) is 2. The molecule has 0 aromatic heterocycles. The van der Waals surface area contributed by atoms with E-state index in [9.17, 15) is 14.9 Å². The van der Waals surface area contributed by atoms with Gasteiger partial charge in [-0.3, -0.25) is 4.79 Å². The van der Waals surface area contributed by atoms with Crippen LogP contribution in [0.1, 0.15) is 29.5 Å². The van der Waals surface area contributed by atoms with Crippen LogP contribution in [0.3, 0.4) is 0 Å². The maximum absolute atomic E-state index is 12.9. The molecule has 6 nitrogen and oxygen atoms in total. The molecule has 7 heteroatoms. The zero-order chi connectivity index (χ0) is 24.7. The number of rotatable bonds is 8. The standard InChI is InChI=1S/C27H27N3O3S/c1-5-14-33-27(32)24-19(4)29-26(22(15-28)25(24)20-10-6-17(2)7-11-20)34-16-23(31)30-21-12-8-18(3)9-13-21/h5-13,25,29H,1,14,16H2,2-4H3,(H,30,31)/t25-/m0/s1. The lowest BCUT2D eigenvalue weighted by Crippen LogP contribution is -2.29. The minimum atomic E-state index is -0.605. The summed E-state index contributed by atoms with van der Waals surface area (Å²) in [4.78, 5) is 25.4. The Morgan fingerprint density at radius 1 is 1.12 bits per heavy atom. The Kier molecular flexibility index (Phi) is 8.34. The molecular weight excluding hydrogens is 446 g/mol. The molecule has 0 aliphatic carbocycles. The average Bonchev–Trinajstić information content (AvgIpc) is 2.82. The predicted molar refractivity (Wildman–Crippen MR) is 136 cm³/mol. The summed E-state index contributed by atoms with van der Waals surface area (Å²) in [6.45, 7) is 9.39. The van der Waals surface area contributed by atoms with Crippen LogP contribution in [0.2, 0.25) is 0 Å². The minimum Gasteiger partial charge on any atom is -0.458 e. The van der Waals surface area contributed by atoms with Crippen molar-refractivity contribution in [3.8, 4) is 6.07 Å². The number of nitriles is 1. The molecule has 0 radical (unpaired) electrons. The Morgan fingerprint density at radius 3 is 2.32 bits per heavy atom. The molecule has 1 heterocycles. The van der Waals surface area contributed by atoms with Crippen molar-refractivity contribution in [2.24, 2.45) is 0 Å². The minimum absolute atomic E-state index is 0.0720. The zero-order valence-corrected chi connectivity index (χ0v) is 20.3. The second-order valence-corrected chi connectivity index (χ2v) is 8.94. The van der Waals surface area contributed by atoms with Gasteiger partial charge in [0.15, 0.2) is 0 Å². The van der Waals surface area contributed by atoms with Gasteiger partial charge in [0.1, 0.15) is 6.61 Å². The second kappa shape index (κ2) is 11.4. The molecule has 34 heavy (non-hydrogen) atoms. The summed E-state index contributed by atoms with van der Waals surface area (Å²) in [6, 6.07) is 17.5. The van der Waals surface area contributed by atoms with Gasteiger partial charge in [-0.25, -0.2) is 4.79 Å². The van der Waals surface area contributed by atoms with Crippen LogP contribution in [-0.4, -0.2) is 24.2 Å². The summed E-state index contributed by atoms with van der Waals surface area (Å²) < 4.78 is 5.32. The Balaban J connectivity index is 1.88. The van der Waals surface area contributed by atoms with Gasteiger partial charge in [0.25, 0.3) is 0 Å². The normalized spacial score (nSPS) is 15.3. The highest BCUT2D eigenvalue weighted by Gasteiger charge is 2.35. The second-order valence-electron chi connectivity index (χ2n) is 7.95. The SMILES string of the molecule is C=CCOC(=O)C1=C(C)NC(SCC(=O)Nc2ccc(C)cc2)=C(C#N)[C@@H]1c1ccc(C)cc1. The van der Waals surface area contributed by atoms with Gasteiger partial charge in [0.2, 0.25) is 5.91 Å². The first-order chi connectivity index (χ1) is 16.3. The van der Waals surface area contributed by atoms with Crippen LogP contribution in [0.4, 0.5) is 5.69 Å². The van der Waals surface area contributed by atoms with E-state index in [0.717, 1.165) is 16.7 Å². The lowest BCUT2D eigenvalue weighted by Gasteiger charge is -2.29. The van der Waals surface area contributed by atoms with Gasteiger partial charge in [-0.2, -0.15) is 5.26 Å². The number of hydrogen-bond acceptors (Lipinski definition) is 6. The molecule has 1 amide bonds. The first-order valence-corrected chi connectivity index (χ1v) is 11.8. The number of amides is 1. The fraction of sp³-hybridized carbons (Fsp3) is 0.222. The summed E-state index contributed by atoms with van der Waals surface area (Å²) in [7, 11) is 0. The van der Waals surface area contributed by atoms with Crippen molar-refractivity contribution in [1.29, 1.82) is 5.26 Å². The third-order valence-electron chi connectivity index (χ3n) is 5.29. The highest BCUT2D eigenvalue weighted by atomic mass is 32.2. The van der Waals surface area contributed by atoms with Crippen LogP contribution in [0.5, 0.6) is 0 Å². The summed E-state index contributed by atoms with van der Waals surface area (Å²) in [5, 5.41) is 16.6. The lowest BCUT2D eigenvalue weighted by atomic mass is 9.82. The first kappa shape index (κ1) is 24.9. The van der Waals surface area contributed by atoms with Gasteiger partial charge in [0.05, 0.1) is 33.9 Å². The molecule has 3 rings (SSSR count). The van der Waals surface area contributed by atoms with E-state index in [2.05, 4.69) is 23.3 Å². The number of esters is 1. The molecule has 2 N–H and O–H groups in total. The summed E-state index contributed by atoms with van der Waals surface area (Å²) in [5.41, 5.74) is 5.01. The van der Waals surface area contributed by atoms with E-state index in [4.69, 9.17) is 4.74 Å². The predicted octanol–water partition coefficient (Wildman–Crippen LogP) is 5.10. The molecule has 0 fully saturated rings. The van der Waals surface area contributed by atoms with Crippen molar-refractivity contribution in [2.45, 2.75) is 26.7 Å². The first-order valence-electron chi connectivity index (χ1n) is 10.8. The molecule has 1 aliphatic rings. The van der Waals surface area contributed by atoms with Gasteiger partial charge in [0, 0.05) is 11.4 Å². The van der Waals surface area contributed by atoms with Crippen molar-refractivity contribution in [1.82, 2.24) is 5.32 Å². The van der Waals surface area contributed by atoms with E-state index in [-0.39, 0.29) is 18.3 Å². The van der Waals surface area contributed by atoms with Crippen molar-refractivity contribution in [2.75, 3.05) is 17.7 Å². The van der Waals surface area contributed by atoms with E-state index in [1.54, 1.807) is 6.92 Å². The van der Waals surface area contributed by atoms with E-state index >= 15 is 0 Å². The highest BCUT2D eigenvalue weighted by Crippen LogP contribution is 2.41. The number of dihydropyridines is 1. The smallest absolute Gasteiger partial charge is 0.337 e. The molecule has 0 saturated heterocycles.